The lowest BCUT2D eigenvalue weighted by molar-refractivity contribution is 0.0827. The second-order valence-corrected chi connectivity index (χ2v) is 6.17. The molecular weight excluding hydrogens is 314 g/mol. The third kappa shape index (κ3) is 3.88. The number of benzene rings is 1. The largest absolute Gasteiger partial charge is 0.352 e. The van der Waals surface area contributed by atoms with E-state index in [2.05, 4.69) is 5.32 Å². The van der Waals surface area contributed by atoms with Gasteiger partial charge in [-0.25, -0.2) is 0 Å². The van der Waals surface area contributed by atoms with Crippen molar-refractivity contribution in [3.63, 3.8) is 0 Å². The Morgan fingerprint density at radius 2 is 1.88 bits per heavy atom. The van der Waals surface area contributed by atoms with E-state index in [4.69, 9.17) is 0 Å². The molecule has 128 valence electrons. The Morgan fingerprint density at radius 1 is 1.04 bits per heavy atom. The summed E-state index contributed by atoms with van der Waals surface area (Å²) in [6.07, 6.45) is 4.41. The van der Waals surface area contributed by atoms with Crippen molar-refractivity contribution in [1.29, 1.82) is 0 Å². The van der Waals surface area contributed by atoms with E-state index in [1.165, 1.54) is 0 Å². The predicted octanol–water partition coefficient (Wildman–Crippen LogP) is 2.61. The molecule has 1 N–H and O–H groups in total. The third-order valence-corrected chi connectivity index (χ3v) is 4.05. The van der Waals surface area contributed by atoms with Crippen molar-refractivity contribution in [2.45, 2.75) is 6.42 Å². The fraction of sp³-hybridized carbons (Fsp3) is 0.200. The number of aromatic nitrogens is 1. The lowest BCUT2D eigenvalue weighted by atomic mass is 10.1. The van der Waals surface area contributed by atoms with Crippen LogP contribution in [0.15, 0.2) is 60.9 Å². The lowest BCUT2D eigenvalue weighted by Crippen LogP contribution is -2.25. The topological polar surface area (TPSA) is 53.8 Å². The zero-order valence-electron chi connectivity index (χ0n) is 14.4. The maximum atomic E-state index is 12.3. The number of carbonyl (C=O) groups is 2. The standard InChI is InChI=1S/C20H21N3O2/c1-22(2)20(25)16-7-5-6-15(12-16)9-10-21-19(24)17-13-18-8-3-4-11-23(18)14-17/h3-8,11-14H,9-10H2,1-2H3,(H,21,24). The van der Waals surface area contributed by atoms with E-state index < -0.39 is 0 Å². The Hall–Kier alpha value is -3.08. The fourth-order valence-electron chi connectivity index (χ4n) is 2.72. The normalized spacial score (nSPS) is 10.6. The molecule has 0 aliphatic rings. The molecule has 25 heavy (non-hydrogen) atoms. The molecule has 0 fully saturated rings. The van der Waals surface area contributed by atoms with Crippen LogP contribution >= 0.6 is 0 Å². The highest BCUT2D eigenvalue weighted by Gasteiger charge is 2.10. The predicted molar refractivity (Wildman–Crippen MR) is 97.9 cm³/mol. The van der Waals surface area contributed by atoms with Crippen molar-refractivity contribution >= 4 is 17.3 Å². The zero-order valence-corrected chi connectivity index (χ0v) is 14.4. The number of hydrogen-bond donors (Lipinski definition) is 1. The lowest BCUT2D eigenvalue weighted by Gasteiger charge is -2.11. The number of hydrogen-bond acceptors (Lipinski definition) is 2. The monoisotopic (exact) mass is 335 g/mol. The summed E-state index contributed by atoms with van der Waals surface area (Å²) < 4.78 is 1.92. The summed E-state index contributed by atoms with van der Waals surface area (Å²) in [5, 5.41) is 2.93. The molecule has 0 unspecified atom stereocenters. The van der Waals surface area contributed by atoms with Crippen LogP contribution in [0.2, 0.25) is 0 Å². The Balaban J connectivity index is 1.60. The molecule has 3 aromatic rings. The molecule has 5 nitrogen and oxygen atoms in total. The average molecular weight is 335 g/mol. The quantitative estimate of drug-likeness (QED) is 0.779. The summed E-state index contributed by atoms with van der Waals surface area (Å²) >= 11 is 0. The molecule has 0 radical (unpaired) electrons. The van der Waals surface area contributed by atoms with Gasteiger partial charge in [0.25, 0.3) is 11.8 Å². The highest BCUT2D eigenvalue weighted by molar-refractivity contribution is 5.95. The van der Waals surface area contributed by atoms with Crippen molar-refractivity contribution in [2.24, 2.45) is 0 Å². The smallest absolute Gasteiger partial charge is 0.253 e. The van der Waals surface area contributed by atoms with Crippen molar-refractivity contribution in [2.75, 3.05) is 20.6 Å². The van der Waals surface area contributed by atoms with Crippen LogP contribution in [-0.2, 0) is 6.42 Å². The minimum Gasteiger partial charge on any atom is -0.352 e. The Labute approximate surface area is 146 Å². The number of carbonyl (C=O) groups excluding carboxylic acids is 2. The molecule has 2 heterocycles. The third-order valence-electron chi connectivity index (χ3n) is 4.05. The first-order valence-corrected chi connectivity index (χ1v) is 8.20. The van der Waals surface area contributed by atoms with E-state index >= 15 is 0 Å². The van der Waals surface area contributed by atoms with Gasteiger partial charge in [0.2, 0.25) is 0 Å². The van der Waals surface area contributed by atoms with Gasteiger partial charge in [0, 0.05) is 44.1 Å². The van der Waals surface area contributed by atoms with Crippen LogP contribution in [0, 0.1) is 0 Å². The van der Waals surface area contributed by atoms with Gasteiger partial charge in [0.05, 0.1) is 5.56 Å². The fourth-order valence-corrected chi connectivity index (χ4v) is 2.72. The van der Waals surface area contributed by atoms with Crippen LogP contribution < -0.4 is 5.32 Å². The van der Waals surface area contributed by atoms with Gasteiger partial charge in [-0.15, -0.1) is 0 Å². The number of fused-ring (bicyclic) bond motifs is 1. The van der Waals surface area contributed by atoms with Gasteiger partial charge in [-0.1, -0.05) is 18.2 Å². The minimum atomic E-state index is -0.0933. The first-order valence-electron chi connectivity index (χ1n) is 8.20. The molecule has 2 amide bonds. The molecule has 2 aromatic heterocycles. The van der Waals surface area contributed by atoms with Crippen molar-refractivity contribution < 1.29 is 9.59 Å². The van der Waals surface area contributed by atoms with E-state index in [0.29, 0.717) is 24.1 Å². The molecule has 0 spiro atoms. The molecular formula is C20H21N3O2. The number of nitrogens with one attached hydrogen (secondary N) is 1. The number of amides is 2. The van der Waals surface area contributed by atoms with Crippen LogP contribution in [0.1, 0.15) is 26.3 Å². The van der Waals surface area contributed by atoms with Gasteiger partial charge in [-0.05, 0) is 42.3 Å². The summed E-state index contributed by atoms with van der Waals surface area (Å²) in [5.41, 5.74) is 3.31. The summed E-state index contributed by atoms with van der Waals surface area (Å²) in [6, 6.07) is 15.2. The van der Waals surface area contributed by atoms with Crippen LogP contribution in [-0.4, -0.2) is 41.8 Å². The van der Waals surface area contributed by atoms with Crippen LogP contribution in [0.25, 0.3) is 5.52 Å². The van der Waals surface area contributed by atoms with Gasteiger partial charge < -0.3 is 14.6 Å². The summed E-state index contributed by atoms with van der Waals surface area (Å²) in [5.74, 6) is -0.115. The van der Waals surface area contributed by atoms with Gasteiger partial charge in [-0.2, -0.15) is 0 Å². The van der Waals surface area contributed by atoms with Crippen molar-refractivity contribution in [3.05, 3.63) is 77.6 Å². The van der Waals surface area contributed by atoms with Gasteiger partial charge in [0.15, 0.2) is 0 Å². The SMILES string of the molecule is CN(C)C(=O)c1cccc(CCNC(=O)c2cc3ccccn3c2)c1. The molecule has 0 bridgehead atoms. The van der Waals surface area contributed by atoms with Crippen molar-refractivity contribution in [1.82, 2.24) is 14.6 Å². The number of nitrogens with zero attached hydrogens (tertiary/aromatic N) is 2. The molecule has 0 atom stereocenters. The molecule has 0 aliphatic heterocycles. The second-order valence-electron chi connectivity index (χ2n) is 6.17. The zero-order chi connectivity index (χ0) is 17.8. The highest BCUT2D eigenvalue weighted by atomic mass is 16.2. The van der Waals surface area contributed by atoms with E-state index in [-0.39, 0.29) is 11.8 Å². The molecule has 0 aliphatic carbocycles. The molecule has 0 saturated heterocycles. The van der Waals surface area contributed by atoms with Crippen LogP contribution in [0.4, 0.5) is 0 Å². The Kier molecular flexibility index (Phi) is 4.84. The van der Waals surface area contributed by atoms with Gasteiger partial charge in [0.1, 0.15) is 0 Å². The Morgan fingerprint density at radius 3 is 2.64 bits per heavy atom. The molecule has 5 heteroatoms. The second kappa shape index (κ2) is 7.21. The maximum Gasteiger partial charge on any atom is 0.253 e. The van der Waals surface area contributed by atoms with Gasteiger partial charge >= 0.3 is 0 Å². The summed E-state index contributed by atoms with van der Waals surface area (Å²) in [7, 11) is 3.47. The van der Waals surface area contributed by atoms with Crippen LogP contribution in [0.5, 0.6) is 0 Å². The first kappa shape index (κ1) is 16.8. The van der Waals surface area contributed by atoms with E-state index in [0.717, 1.165) is 11.1 Å². The maximum absolute atomic E-state index is 12.3. The van der Waals surface area contributed by atoms with E-state index in [1.807, 2.05) is 59.3 Å². The summed E-state index contributed by atoms with van der Waals surface area (Å²) in [4.78, 5) is 25.8. The van der Waals surface area contributed by atoms with E-state index in [9.17, 15) is 9.59 Å². The Bertz CT molecular complexity index is 879. The van der Waals surface area contributed by atoms with Gasteiger partial charge in [-0.3, -0.25) is 9.59 Å². The molecule has 3 rings (SSSR count). The molecule has 1 aromatic carbocycles. The summed E-state index contributed by atoms with van der Waals surface area (Å²) in [6.45, 7) is 0.518. The molecule has 0 saturated carbocycles. The highest BCUT2D eigenvalue weighted by Crippen LogP contribution is 2.10. The minimum absolute atomic E-state index is 0.0219. The number of rotatable bonds is 5. The number of pyridine rings is 1. The van der Waals surface area contributed by atoms with Crippen molar-refractivity contribution in [3.8, 4) is 0 Å². The average Bonchev–Trinajstić information content (AvgIpc) is 3.05. The van der Waals surface area contributed by atoms with Crippen LogP contribution in [0.3, 0.4) is 0 Å². The first-order chi connectivity index (χ1) is 12.0. The van der Waals surface area contributed by atoms with E-state index in [1.54, 1.807) is 25.1 Å².